The highest BCUT2D eigenvalue weighted by molar-refractivity contribution is 5.69. The van der Waals surface area contributed by atoms with E-state index in [-0.39, 0.29) is 12.1 Å². The third-order valence-corrected chi connectivity index (χ3v) is 3.15. The van der Waals surface area contributed by atoms with Crippen LogP contribution in [-0.4, -0.2) is 40.8 Å². The number of hydrogen-bond acceptors (Lipinski definition) is 4. The van der Waals surface area contributed by atoms with Crippen LogP contribution in [0.3, 0.4) is 0 Å². The average Bonchev–Trinajstić information content (AvgIpc) is 2.84. The smallest absolute Gasteiger partial charge is 0.410 e. The zero-order valence-corrected chi connectivity index (χ0v) is 12.6. The number of hydrogen-bond donors (Lipinski definition) is 0. The maximum atomic E-state index is 12.7. The lowest BCUT2D eigenvalue weighted by Gasteiger charge is -2.28. The normalized spacial score (nSPS) is 18.7. The molecular formula is C15H21FN2O3. The Balaban J connectivity index is 1.90. The van der Waals surface area contributed by atoms with Crippen molar-refractivity contribution in [3.63, 3.8) is 0 Å². The molecule has 1 aliphatic rings. The molecule has 1 aliphatic heterocycles. The molecule has 1 aromatic heterocycles. The highest BCUT2D eigenvalue weighted by Gasteiger charge is 2.32. The number of halogens is 1. The summed E-state index contributed by atoms with van der Waals surface area (Å²) in [4.78, 5) is 17.3. The number of amides is 1. The molecule has 2 rings (SSSR count). The zero-order chi connectivity index (χ0) is 15.5. The fraction of sp³-hybridized carbons (Fsp3) is 0.600. The number of rotatable bonds is 3. The summed E-state index contributed by atoms with van der Waals surface area (Å²) < 4.78 is 23.7. The highest BCUT2D eigenvalue weighted by Crippen LogP contribution is 2.22. The second-order valence-corrected chi connectivity index (χ2v) is 6.10. The second-order valence-electron chi connectivity index (χ2n) is 6.10. The highest BCUT2D eigenvalue weighted by atomic mass is 19.1. The van der Waals surface area contributed by atoms with Crippen molar-refractivity contribution >= 4 is 6.09 Å². The van der Waals surface area contributed by atoms with Crippen LogP contribution in [0.25, 0.3) is 0 Å². The van der Waals surface area contributed by atoms with Gasteiger partial charge >= 0.3 is 6.09 Å². The molecule has 1 atom stereocenters. The molecule has 5 nitrogen and oxygen atoms in total. The molecule has 1 saturated heterocycles. The Labute approximate surface area is 124 Å². The zero-order valence-electron chi connectivity index (χ0n) is 12.6. The topological polar surface area (TPSA) is 51.7 Å². The average molecular weight is 296 g/mol. The molecule has 6 heteroatoms. The van der Waals surface area contributed by atoms with Crippen molar-refractivity contribution in [1.29, 1.82) is 0 Å². The summed E-state index contributed by atoms with van der Waals surface area (Å²) in [7, 11) is 0. The maximum absolute atomic E-state index is 12.7. The monoisotopic (exact) mass is 296 g/mol. The quantitative estimate of drug-likeness (QED) is 0.805. The molecule has 0 aromatic carbocycles. The van der Waals surface area contributed by atoms with Crippen LogP contribution < -0.4 is 4.74 Å². The van der Waals surface area contributed by atoms with Gasteiger partial charge in [-0.15, -0.1) is 0 Å². The van der Waals surface area contributed by atoms with Crippen LogP contribution in [-0.2, 0) is 4.74 Å². The van der Waals surface area contributed by atoms with E-state index in [1.807, 2.05) is 20.8 Å². The number of carbonyl (C=O) groups excluding carboxylic acids is 1. The lowest BCUT2D eigenvalue weighted by Crippen LogP contribution is -2.42. The molecule has 0 aliphatic carbocycles. The van der Waals surface area contributed by atoms with Gasteiger partial charge in [0, 0.05) is 6.54 Å². The Morgan fingerprint density at radius 3 is 2.86 bits per heavy atom. The van der Waals surface area contributed by atoms with E-state index in [9.17, 15) is 9.18 Å². The summed E-state index contributed by atoms with van der Waals surface area (Å²) in [6.45, 7) is 6.56. The first kappa shape index (κ1) is 15.5. The summed E-state index contributed by atoms with van der Waals surface area (Å²) in [6, 6.07) is 2.75. The molecule has 0 N–H and O–H groups in total. The minimum atomic E-state index is -0.543. The van der Waals surface area contributed by atoms with Gasteiger partial charge in [-0.3, -0.25) is 0 Å². The molecule has 1 aromatic rings. The van der Waals surface area contributed by atoms with Crippen LogP contribution >= 0.6 is 0 Å². The van der Waals surface area contributed by atoms with Crippen LogP contribution in [0.2, 0.25) is 0 Å². The Bertz CT molecular complexity index is 485. The van der Waals surface area contributed by atoms with E-state index in [2.05, 4.69) is 4.98 Å². The molecule has 0 bridgehead atoms. The fourth-order valence-corrected chi connectivity index (χ4v) is 2.21. The van der Waals surface area contributed by atoms with Gasteiger partial charge in [0.25, 0.3) is 0 Å². The number of pyridine rings is 1. The molecule has 0 saturated carbocycles. The molecule has 1 amide bonds. The Morgan fingerprint density at radius 1 is 1.48 bits per heavy atom. The van der Waals surface area contributed by atoms with Gasteiger partial charge in [0.15, 0.2) is 0 Å². The third kappa shape index (κ3) is 4.58. The fourth-order valence-electron chi connectivity index (χ4n) is 2.21. The number of carbonyl (C=O) groups is 1. The van der Waals surface area contributed by atoms with Gasteiger partial charge in [0.05, 0.1) is 12.2 Å². The number of nitrogens with zero attached hydrogens (tertiary/aromatic N) is 2. The molecule has 116 valence electrons. The molecule has 0 radical (unpaired) electrons. The number of ether oxygens (including phenoxy) is 2. The maximum Gasteiger partial charge on any atom is 0.410 e. The van der Waals surface area contributed by atoms with Crippen molar-refractivity contribution in [3.05, 3.63) is 24.3 Å². The van der Waals surface area contributed by atoms with Gasteiger partial charge in [0.2, 0.25) is 5.95 Å². The minimum Gasteiger partial charge on any atom is -0.490 e. The summed E-state index contributed by atoms with van der Waals surface area (Å²) >= 11 is 0. The molecule has 2 heterocycles. The van der Waals surface area contributed by atoms with Crippen LogP contribution in [0.1, 0.15) is 33.6 Å². The van der Waals surface area contributed by atoms with Gasteiger partial charge in [-0.25, -0.2) is 9.78 Å². The van der Waals surface area contributed by atoms with Gasteiger partial charge in [-0.2, -0.15) is 4.39 Å². The molecular weight excluding hydrogens is 275 g/mol. The summed E-state index contributed by atoms with van der Waals surface area (Å²) in [6.07, 6.45) is 2.82. The van der Waals surface area contributed by atoms with E-state index < -0.39 is 11.5 Å². The lowest BCUT2D eigenvalue weighted by atomic mass is 10.2. The van der Waals surface area contributed by atoms with Gasteiger partial charge < -0.3 is 14.4 Å². The van der Waals surface area contributed by atoms with E-state index in [0.717, 1.165) is 12.8 Å². The molecule has 0 unspecified atom stereocenters. The SMILES string of the molecule is CC(C)(C)OC(=O)N1CCC[C@H]1COc1ccc(F)nc1. The van der Waals surface area contributed by atoms with Crippen molar-refractivity contribution in [1.82, 2.24) is 9.88 Å². The molecule has 0 spiro atoms. The summed E-state index contributed by atoms with van der Waals surface area (Å²) in [5.41, 5.74) is -0.508. The number of aromatic nitrogens is 1. The largest absolute Gasteiger partial charge is 0.490 e. The molecule has 21 heavy (non-hydrogen) atoms. The predicted molar refractivity (Wildman–Crippen MR) is 75.7 cm³/mol. The van der Waals surface area contributed by atoms with Gasteiger partial charge in [-0.1, -0.05) is 0 Å². The van der Waals surface area contributed by atoms with E-state index >= 15 is 0 Å². The first-order chi connectivity index (χ1) is 9.85. The first-order valence-corrected chi connectivity index (χ1v) is 7.09. The van der Waals surface area contributed by atoms with Crippen molar-refractivity contribution in [2.45, 2.75) is 45.3 Å². The summed E-state index contributed by atoms with van der Waals surface area (Å²) in [5.74, 6) is -0.0500. The van der Waals surface area contributed by atoms with E-state index in [1.54, 1.807) is 4.90 Å². The predicted octanol–water partition coefficient (Wildman–Crippen LogP) is 3.00. The lowest BCUT2D eigenvalue weighted by molar-refractivity contribution is 0.0187. The van der Waals surface area contributed by atoms with Crippen LogP contribution in [0, 0.1) is 5.95 Å². The second kappa shape index (κ2) is 6.28. The van der Waals surface area contributed by atoms with E-state index in [0.29, 0.717) is 18.9 Å². The third-order valence-electron chi connectivity index (χ3n) is 3.15. The van der Waals surface area contributed by atoms with Crippen molar-refractivity contribution in [2.24, 2.45) is 0 Å². The first-order valence-electron chi connectivity index (χ1n) is 7.09. The number of likely N-dealkylation sites (tertiary alicyclic amines) is 1. The van der Waals surface area contributed by atoms with E-state index in [4.69, 9.17) is 9.47 Å². The van der Waals surface area contributed by atoms with Crippen molar-refractivity contribution in [3.8, 4) is 5.75 Å². The van der Waals surface area contributed by atoms with Crippen molar-refractivity contribution in [2.75, 3.05) is 13.2 Å². The minimum absolute atomic E-state index is 0.0232. The van der Waals surface area contributed by atoms with E-state index in [1.165, 1.54) is 18.3 Å². The van der Waals surface area contributed by atoms with Gasteiger partial charge in [0.1, 0.15) is 18.0 Å². The Kier molecular flexibility index (Phi) is 4.65. The molecule has 1 fully saturated rings. The standard InChI is InChI=1S/C15H21FN2O3/c1-15(2,3)21-14(19)18-8-4-5-11(18)10-20-12-6-7-13(16)17-9-12/h6-7,9,11H,4-5,8,10H2,1-3H3/t11-/m0/s1. The Hall–Kier alpha value is -1.85. The summed E-state index contributed by atoms with van der Waals surface area (Å²) in [5, 5.41) is 0. The Morgan fingerprint density at radius 2 is 2.24 bits per heavy atom. The van der Waals surface area contributed by atoms with Crippen LogP contribution in [0.15, 0.2) is 18.3 Å². The van der Waals surface area contributed by atoms with Crippen LogP contribution in [0.4, 0.5) is 9.18 Å². The van der Waals surface area contributed by atoms with Crippen LogP contribution in [0.5, 0.6) is 5.75 Å². The van der Waals surface area contributed by atoms with Gasteiger partial charge in [-0.05, 0) is 45.7 Å². The van der Waals surface area contributed by atoms with Crippen molar-refractivity contribution < 1.29 is 18.7 Å².